The minimum absolute atomic E-state index is 0.0656. The van der Waals surface area contributed by atoms with Crippen LogP contribution in [0.2, 0.25) is 0 Å². The molecule has 44 heavy (non-hydrogen) atoms. The van der Waals surface area contributed by atoms with Gasteiger partial charge in [0.25, 0.3) is 0 Å². The Morgan fingerprint density at radius 1 is 1.05 bits per heavy atom. The fourth-order valence-corrected chi connectivity index (χ4v) is 7.34. The molecule has 8 atom stereocenters. The molecule has 3 aliphatic heterocycles. The summed E-state index contributed by atoms with van der Waals surface area (Å²) < 4.78 is 30.1. The van der Waals surface area contributed by atoms with E-state index in [0.717, 1.165) is 58.0 Å². The van der Waals surface area contributed by atoms with Gasteiger partial charge in [0.1, 0.15) is 12.3 Å². The Kier molecular flexibility index (Phi) is 15.4. The fraction of sp³-hybridized carbons (Fsp3) is 0.906. The van der Waals surface area contributed by atoms with E-state index in [4.69, 9.17) is 11.5 Å². The number of piperazine rings is 1. The van der Waals surface area contributed by atoms with Crippen LogP contribution in [0.1, 0.15) is 79.1 Å². The van der Waals surface area contributed by atoms with Crippen molar-refractivity contribution in [3.8, 4) is 0 Å². The predicted octanol–water partition coefficient (Wildman–Crippen LogP) is 2.06. The highest BCUT2D eigenvalue weighted by atomic mass is 19.1. The molecule has 0 aromatic carbocycles. The van der Waals surface area contributed by atoms with Crippen molar-refractivity contribution in [1.29, 1.82) is 0 Å². The number of carbonyl (C=O) groups excluding carboxylic acids is 2. The standard InChI is InChI=1S/C32H60F2N8O2/c1-5-10-23(6-2)12-13-24(33)19-38-22(4)28(30(35)36)31(43)39-26-21-37-20-25(34)29(26)41-15-17-42(18-16-41)32(44)27-11-8-9-14-40(27)7-3/h19,22-30,37H,5-18,20-21,35-36H2,1-4H3,(H,39,43)/b38-19-. The predicted molar refractivity (Wildman–Crippen MR) is 173 cm³/mol. The highest BCUT2D eigenvalue weighted by Gasteiger charge is 2.42. The van der Waals surface area contributed by atoms with Gasteiger partial charge in [-0.15, -0.1) is 0 Å². The number of amides is 2. The van der Waals surface area contributed by atoms with Crippen LogP contribution >= 0.6 is 0 Å². The monoisotopic (exact) mass is 626 g/mol. The van der Waals surface area contributed by atoms with Crippen molar-refractivity contribution in [2.24, 2.45) is 28.3 Å². The molecule has 3 aliphatic rings. The first-order valence-corrected chi connectivity index (χ1v) is 17.2. The molecule has 10 nitrogen and oxygen atoms in total. The lowest BCUT2D eigenvalue weighted by Gasteiger charge is -2.47. The van der Waals surface area contributed by atoms with E-state index in [1.807, 2.05) is 4.90 Å². The van der Waals surface area contributed by atoms with Crippen LogP contribution in [0.3, 0.4) is 0 Å². The zero-order chi connectivity index (χ0) is 32.2. The molecule has 3 saturated heterocycles. The second kappa shape index (κ2) is 18.4. The molecule has 12 heteroatoms. The van der Waals surface area contributed by atoms with Crippen LogP contribution < -0.4 is 22.1 Å². The number of nitrogens with two attached hydrogens (primary N) is 2. The zero-order valence-corrected chi connectivity index (χ0v) is 27.6. The van der Waals surface area contributed by atoms with Crippen molar-refractivity contribution in [1.82, 2.24) is 25.3 Å². The number of carbonyl (C=O) groups is 2. The van der Waals surface area contributed by atoms with E-state index in [1.165, 1.54) is 6.21 Å². The van der Waals surface area contributed by atoms with E-state index in [9.17, 15) is 14.0 Å². The topological polar surface area (TPSA) is 132 Å². The summed E-state index contributed by atoms with van der Waals surface area (Å²) in [6, 6.07) is -1.76. The third-order valence-corrected chi connectivity index (χ3v) is 10.0. The van der Waals surface area contributed by atoms with E-state index in [0.29, 0.717) is 45.1 Å². The van der Waals surface area contributed by atoms with Crippen molar-refractivity contribution in [3.05, 3.63) is 0 Å². The molecule has 0 radical (unpaired) electrons. The first-order chi connectivity index (χ1) is 21.1. The van der Waals surface area contributed by atoms with Crippen molar-refractivity contribution < 1.29 is 18.4 Å². The lowest BCUT2D eigenvalue weighted by molar-refractivity contribution is -0.140. The number of likely N-dealkylation sites (N-methyl/N-ethyl adjacent to an activating group) is 1. The van der Waals surface area contributed by atoms with Crippen LogP contribution in [0.15, 0.2) is 4.99 Å². The molecule has 0 bridgehead atoms. The van der Waals surface area contributed by atoms with Crippen LogP contribution in [0, 0.1) is 11.8 Å². The Hall–Kier alpha value is -1.73. The SMILES string of the molecule is CCCC(CC)CCC(F)/C=N\C(C)C(C(=O)NC1CNCC(F)C1N1CCN(C(=O)C2CCCCN2CC)CC1)C(N)N. The maximum Gasteiger partial charge on any atom is 0.240 e. The Balaban J connectivity index is 1.58. The van der Waals surface area contributed by atoms with E-state index < -0.39 is 48.5 Å². The van der Waals surface area contributed by atoms with Gasteiger partial charge in [0, 0.05) is 45.5 Å². The summed E-state index contributed by atoms with van der Waals surface area (Å²) in [4.78, 5) is 37.5. The van der Waals surface area contributed by atoms with E-state index >= 15 is 4.39 Å². The molecule has 2 amide bonds. The van der Waals surface area contributed by atoms with Gasteiger partial charge < -0.3 is 27.0 Å². The molecule has 0 saturated carbocycles. The van der Waals surface area contributed by atoms with Crippen molar-refractivity contribution >= 4 is 18.0 Å². The summed E-state index contributed by atoms with van der Waals surface area (Å²) in [6.45, 7) is 12.6. The summed E-state index contributed by atoms with van der Waals surface area (Å²) in [7, 11) is 0. The fourth-order valence-electron chi connectivity index (χ4n) is 7.34. The van der Waals surface area contributed by atoms with Crippen molar-refractivity contribution in [3.63, 3.8) is 0 Å². The summed E-state index contributed by atoms with van der Waals surface area (Å²) >= 11 is 0. The Morgan fingerprint density at radius 2 is 1.77 bits per heavy atom. The van der Waals surface area contributed by atoms with Gasteiger partial charge in [-0.25, -0.2) is 8.78 Å². The maximum absolute atomic E-state index is 15.5. The Bertz CT molecular complexity index is 903. The molecule has 8 unspecified atom stereocenters. The second-order valence-electron chi connectivity index (χ2n) is 13.1. The lowest BCUT2D eigenvalue weighted by Crippen LogP contribution is -2.68. The Morgan fingerprint density at radius 3 is 2.41 bits per heavy atom. The summed E-state index contributed by atoms with van der Waals surface area (Å²) in [5, 5.41) is 6.10. The largest absolute Gasteiger partial charge is 0.350 e. The van der Waals surface area contributed by atoms with Crippen molar-refractivity contribution in [2.45, 2.75) is 122 Å². The van der Waals surface area contributed by atoms with Gasteiger partial charge >= 0.3 is 0 Å². The van der Waals surface area contributed by atoms with Gasteiger partial charge in [0.2, 0.25) is 11.8 Å². The number of rotatable bonds is 15. The molecule has 0 aliphatic carbocycles. The normalized spacial score (nSPS) is 28.6. The van der Waals surface area contributed by atoms with Gasteiger partial charge in [-0.3, -0.25) is 24.4 Å². The Labute approximate surface area is 264 Å². The minimum atomic E-state index is -1.20. The first kappa shape index (κ1) is 36.7. The number of halogens is 2. The average molecular weight is 627 g/mol. The van der Waals surface area contributed by atoms with E-state index in [1.54, 1.807) is 6.92 Å². The van der Waals surface area contributed by atoms with Crippen LogP contribution in [0.4, 0.5) is 8.78 Å². The maximum atomic E-state index is 15.5. The molecule has 3 heterocycles. The van der Waals surface area contributed by atoms with Crippen LogP contribution in [0.25, 0.3) is 0 Å². The lowest BCUT2D eigenvalue weighted by atomic mass is 9.93. The molecular weight excluding hydrogens is 566 g/mol. The molecule has 0 aromatic rings. The van der Waals surface area contributed by atoms with Crippen molar-refractivity contribution in [2.75, 3.05) is 52.4 Å². The van der Waals surface area contributed by atoms with Gasteiger partial charge in [-0.05, 0) is 51.6 Å². The molecule has 0 aromatic heterocycles. The number of hydrogen-bond donors (Lipinski definition) is 4. The van der Waals surface area contributed by atoms with E-state index in [-0.39, 0.29) is 18.5 Å². The number of piperidine rings is 2. The van der Waals surface area contributed by atoms with Crippen LogP contribution in [-0.4, -0.2) is 128 Å². The summed E-state index contributed by atoms with van der Waals surface area (Å²) in [5.74, 6) is -0.628. The van der Waals surface area contributed by atoms with Crippen LogP contribution in [-0.2, 0) is 9.59 Å². The number of nitrogens with zero attached hydrogens (tertiary/aromatic N) is 4. The molecule has 6 N–H and O–H groups in total. The quantitative estimate of drug-likeness (QED) is 0.162. The minimum Gasteiger partial charge on any atom is -0.350 e. The number of aliphatic imine (C=N–C) groups is 1. The third-order valence-electron chi connectivity index (χ3n) is 10.0. The highest BCUT2D eigenvalue weighted by Crippen LogP contribution is 2.23. The van der Waals surface area contributed by atoms with Gasteiger partial charge in [0.15, 0.2) is 0 Å². The molecule has 3 fully saturated rings. The molecule has 3 rings (SSSR count). The molecular formula is C32H60F2N8O2. The molecule has 254 valence electrons. The first-order valence-electron chi connectivity index (χ1n) is 17.2. The van der Waals surface area contributed by atoms with Crippen LogP contribution in [0.5, 0.6) is 0 Å². The zero-order valence-electron chi connectivity index (χ0n) is 27.6. The summed E-state index contributed by atoms with van der Waals surface area (Å²) in [5.41, 5.74) is 12.1. The summed E-state index contributed by atoms with van der Waals surface area (Å²) in [6.07, 6.45) is 5.34. The number of hydrogen-bond acceptors (Lipinski definition) is 8. The smallest absolute Gasteiger partial charge is 0.240 e. The van der Waals surface area contributed by atoms with E-state index in [2.05, 4.69) is 46.2 Å². The second-order valence-corrected chi connectivity index (χ2v) is 13.1. The van der Waals surface area contributed by atoms with Gasteiger partial charge in [-0.1, -0.05) is 46.5 Å². The molecule has 0 spiro atoms. The number of nitrogens with one attached hydrogen (secondary N) is 2. The van der Waals surface area contributed by atoms with Gasteiger partial charge in [-0.2, -0.15) is 0 Å². The third kappa shape index (κ3) is 10.1. The number of likely N-dealkylation sites (tertiary alicyclic amines) is 1. The number of alkyl halides is 2. The van der Waals surface area contributed by atoms with Gasteiger partial charge in [0.05, 0.1) is 36.3 Å². The highest BCUT2D eigenvalue weighted by molar-refractivity contribution is 5.82. The average Bonchev–Trinajstić information content (AvgIpc) is 3.01.